The van der Waals surface area contributed by atoms with Crippen molar-refractivity contribution >= 4 is 22.6 Å². The summed E-state index contributed by atoms with van der Waals surface area (Å²) in [7, 11) is 0. The van der Waals surface area contributed by atoms with Gasteiger partial charge in [-0.25, -0.2) is 0 Å². The number of fused-ring (bicyclic) bond motifs is 1. The van der Waals surface area contributed by atoms with Gasteiger partial charge in [-0.2, -0.15) is 0 Å². The fourth-order valence-corrected chi connectivity index (χ4v) is 3.43. The average Bonchev–Trinajstić information content (AvgIpc) is 2.61. The van der Waals surface area contributed by atoms with Gasteiger partial charge in [0.1, 0.15) is 0 Å². The van der Waals surface area contributed by atoms with Gasteiger partial charge in [0.25, 0.3) is 0 Å². The van der Waals surface area contributed by atoms with E-state index in [1.807, 2.05) is 19.1 Å². The minimum atomic E-state index is -0.228. The summed E-state index contributed by atoms with van der Waals surface area (Å²) < 4.78 is 0. The quantitative estimate of drug-likeness (QED) is 0.877. The molecule has 1 aliphatic heterocycles. The molecule has 1 aliphatic rings. The summed E-state index contributed by atoms with van der Waals surface area (Å²) in [5, 5.41) is 5.44. The monoisotopic (exact) mass is 339 g/mol. The van der Waals surface area contributed by atoms with E-state index in [-0.39, 0.29) is 23.8 Å². The highest BCUT2D eigenvalue weighted by Crippen LogP contribution is 2.20. The van der Waals surface area contributed by atoms with Crippen LogP contribution in [0.4, 0.5) is 0 Å². The standard InChI is InChI=1S/C20H25N3O2/c1-14(17-7-6-15-4-2-3-5-18(15)12-17)22-19(24)13-23-10-8-16(9-11-23)20(21)25/h2-7,12,14,16H,8-11,13H2,1H3,(H2,21,25)(H,22,24)/t14-/m0/s1. The Morgan fingerprint density at radius 3 is 2.52 bits per heavy atom. The maximum Gasteiger partial charge on any atom is 0.234 e. The van der Waals surface area contributed by atoms with E-state index in [4.69, 9.17) is 5.73 Å². The predicted octanol–water partition coefficient (Wildman–Crippen LogP) is 2.21. The van der Waals surface area contributed by atoms with Crippen LogP contribution in [-0.2, 0) is 9.59 Å². The van der Waals surface area contributed by atoms with Crippen LogP contribution in [0.25, 0.3) is 10.8 Å². The summed E-state index contributed by atoms with van der Waals surface area (Å²) in [4.78, 5) is 25.6. The highest BCUT2D eigenvalue weighted by atomic mass is 16.2. The normalized spacial score (nSPS) is 17.3. The third kappa shape index (κ3) is 4.37. The molecule has 0 spiro atoms. The van der Waals surface area contributed by atoms with Crippen molar-refractivity contribution in [3.8, 4) is 0 Å². The molecule has 5 nitrogen and oxygen atoms in total. The van der Waals surface area contributed by atoms with Crippen LogP contribution < -0.4 is 11.1 Å². The van der Waals surface area contributed by atoms with E-state index in [1.165, 1.54) is 10.8 Å². The summed E-state index contributed by atoms with van der Waals surface area (Å²) >= 11 is 0. The number of nitrogens with two attached hydrogens (primary N) is 1. The molecule has 132 valence electrons. The maximum absolute atomic E-state index is 12.3. The molecule has 2 aromatic rings. The summed E-state index contributed by atoms with van der Waals surface area (Å²) in [5.41, 5.74) is 6.44. The molecule has 1 saturated heterocycles. The summed E-state index contributed by atoms with van der Waals surface area (Å²) in [6.07, 6.45) is 1.48. The van der Waals surface area contributed by atoms with Gasteiger partial charge in [0.15, 0.2) is 0 Å². The highest BCUT2D eigenvalue weighted by Gasteiger charge is 2.24. The van der Waals surface area contributed by atoms with Crippen LogP contribution in [0.1, 0.15) is 31.4 Å². The molecule has 1 atom stereocenters. The maximum atomic E-state index is 12.3. The molecule has 0 radical (unpaired) electrons. The minimum absolute atomic E-state index is 0.0122. The summed E-state index contributed by atoms with van der Waals surface area (Å²) in [5.74, 6) is -0.261. The minimum Gasteiger partial charge on any atom is -0.369 e. The van der Waals surface area contributed by atoms with E-state index < -0.39 is 0 Å². The Balaban J connectivity index is 1.54. The predicted molar refractivity (Wildman–Crippen MR) is 98.9 cm³/mol. The number of rotatable bonds is 5. The Hall–Kier alpha value is -2.40. The molecule has 25 heavy (non-hydrogen) atoms. The number of hydrogen-bond donors (Lipinski definition) is 2. The molecular weight excluding hydrogens is 314 g/mol. The first-order chi connectivity index (χ1) is 12.0. The zero-order valence-corrected chi connectivity index (χ0v) is 14.6. The van der Waals surface area contributed by atoms with Gasteiger partial charge in [-0.1, -0.05) is 36.4 Å². The Bertz CT molecular complexity index is 766. The number of primary amides is 1. The second kappa shape index (κ2) is 7.66. The molecule has 0 aromatic heterocycles. The average molecular weight is 339 g/mol. The van der Waals surface area contributed by atoms with Crippen LogP contribution in [-0.4, -0.2) is 36.3 Å². The van der Waals surface area contributed by atoms with E-state index in [0.717, 1.165) is 31.5 Å². The smallest absolute Gasteiger partial charge is 0.234 e. The number of piperidine rings is 1. The van der Waals surface area contributed by atoms with E-state index in [1.54, 1.807) is 0 Å². The number of benzene rings is 2. The van der Waals surface area contributed by atoms with Crippen LogP contribution in [0.2, 0.25) is 0 Å². The highest BCUT2D eigenvalue weighted by molar-refractivity contribution is 5.83. The Labute approximate surface area is 148 Å². The fraction of sp³-hybridized carbons (Fsp3) is 0.400. The third-order valence-corrected chi connectivity index (χ3v) is 5.01. The largest absolute Gasteiger partial charge is 0.369 e. The molecule has 3 N–H and O–H groups in total. The molecule has 3 rings (SSSR count). The number of carbonyl (C=O) groups excluding carboxylic acids is 2. The second-order valence-electron chi connectivity index (χ2n) is 6.85. The van der Waals surface area contributed by atoms with Crippen molar-refractivity contribution in [1.29, 1.82) is 0 Å². The molecule has 0 unspecified atom stereocenters. The number of nitrogens with zero attached hydrogens (tertiary/aromatic N) is 1. The Kier molecular flexibility index (Phi) is 5.34. The van der Waals surface area contributed by atoms with Crippen LogP contribution in [0.5, 0.6) is 0 Å². The van der Waals surface area contributed by atoms with E-state index in [9.17, 15) is 9.59 Å². The van der Waals surface area contributed by atoms with Crippen molar-refractivity contribution in [3.63, 3.8) is 0 Å². The number of hydrogen-bond acceptors (Lipinski definition) is 3. The number of nitrogens with one attached hydrogen (secondary N) is 1. The van der Waals surface area contributed by atoms with Crippen molar-refractivity contribution in [3.05, 3.63) is 48.0 Å². The molecule has 0 saturated carbocycles. The molecule has 0 aliphatic carbocycles. The van der Waals surface area contributed by atoms with Crippen molar-refractivity contribution in [2.45, 2.75) is 25.8 Å². The van der Waals surface area contributed by atoms with Crippen molar-refractivity contribution in [2.24, 2.45) is 11.7 Å². The Morgan fingerprint density at radius 2 is 1.84 bits per heavy atom. The van der Waals surface area contributed by atoms with Crippen LogP contribution in [0.3, 0.4) is 0 Å². The second-order valence-corrected chi connectivity index (χ2v) is 6.85. The molecule has 2 amide bonds. The molecular formula is C20H25N3O2. The lowest BCUT2D eigenvalue weighted by atomic mass is 9.96. The van der Waals surface area contributed by atoms with Gasteiger partial charge in [-0.05, 0) is 55.3 Å². The first kappa shape index (κ1) is 17.4. The molecule has 1 heterocycles. The van der Waals surface area contributed by atoms with Gasteiger partial charge in [0.05, 0.1) is 12.6 Å². The topological polar surface area (TPSA) is 75.4 Å². The van der Waals surface area contributed by atoms with Crippen molar-refractivity contribution in [1.82, 2.24) is 10.2 Å². The van der Waals surface area contributed by atoms with Crippen LogP contribution in [0, 0.1) is 5.92 Å². The summed E-state index contributed by atoms with van der Waals surface area (Å²) in [6, 6.07) is 14.4. The summed E-state index contributed by atoms with van der Waals surface area (Å²) in [6.45, 7) is 3.85. The fourth-order valence-electron chi connectivity index (χ4n) is 3.43. The lowest BCUT2D eigenvalue weighted by Gasteiger charge is -2.30. The van der Waals surface area contributed by atoms with Crippen LogP contribution >= 0.6 is 0 Å². The van der Waals surface area contributed by atoms with Gasteiger partial charge in [-0.3, -0.25) is 14.5 Å². The first-order valence-electron chi connectivity index (χ1n) is 8.82. The first-order valence-corrected chi connectivity index (χ1v) is 8.82. The Morgan fingerprint density at radius 1 is 1.16 bits per heavy atom. The molecule has 1 fully saturated rings. The zero-order chi connectivity index (χ0) is 17.8. The van der Waals surface area contributed by atoms with Crippen LogP contribution in [0.15, 0.2) is 42.5 Å². The molecule has 5 heteroatoms. The van der Waals surface area contributed by atoms with Gasteiger partial charge < -0.3 is 11.1 Å². The third-order valence-electron chi connectivity index (χ3n) is 5.01. The van der Waals surface area contributed by atoms with Crippen molar-refractivity contribution in [2.75, 3.05) is 19.6 Å². The number of likely N-dealkylation sites (tertiary alicyclic amines) is 1. The molecule has 2 aromatic carbocycles. The van der Waals surface area contributed by atoms with Crippen molar-refractivity contribution < 1.29 is 9.59 Å². The zero-order valence-electron chi connectivity index (χ0n) is 14.6. The van der Waals surface area contributed by atoms with Gasteiger partial charge in [0, 0.05) is 5.92 Å². The lowest BCUT2D eigenvalue weighted by Crippen LogP contribution is -2.44. The van der Waals surface area contributed by atoms with E-state index in [2.05, 4.69) is 40.5 Å². The van der Waals surface area contributed by atoms with E-state index >= 15 is 0 Å². The number of carbonyl (C=O) groups is 2. The lowest BCUT2D eigenvalue weighted by molar-refractivity contribution is -0.124. The van der Waals surface area contributed by atoms with E-state index in [0.29, 0.717) is 6.54 Å². The SMILES string of the molecule is C[C@H](NC(=O)CN1CCC(C(N)=O)CC1)c1ccc2ccccc2c1. The molecule has 0 bridgehead atoms. The van der Waals surface area contributed by atoms with Gasteiger partial charge >= 0.3 is 0 Å². The number of amides is 2. The van der Waals surface area contributed by atoms with Gasteiger partial charge in [0.2, 0.25) is 11.8 Å². The van der Waals surface area contributed by atoms with Gasteiger partial charge in [-0.15, -0.1) is 0 Å².